The summed E-state index contributed by atoms with van der Waals surface area (Å²) in [5.74, 6) is -1.56. The number of hydrogen-bond donors (Lipinski definition) is 0. The van der Waals surface area contributed by atoms with Crippen LogP contribution in [0.15, 0.2) is 24.3 Å². The molecule has 28 heavy (non-hydrogen) atoms. The van der Waals surface area contributed by atoms with Crippen LogP contribution < -0.4 is 0 Å². The van der Waals surface area contributed by atoms with Crippen molar-refractivity contribution in [3.8, 4) is 0 Å². The summed E-state index contributed by atoms with van der Waals surface area (Å²) in [6, 6.07) is -0.489. The van der Waals surface area contributed by atoms with E-state index in [-0.39, 0.29) is 37.0 Å². The summed E-state index contributed by atoms with van der Waals surface area (Å²) in [5, 5.41) is 0. The van der Waals surface area contributed by atoms with Gasteiger partial charge in [0, 0.05) is 63.5 Å². The van der Waals surface area contributed by atoms with Gasteiger partial charge in [0.1, 0.15) is 0 Å². The lowest BCUT2D eigenvalue weighted by Gasteiger charge is -2.38. The van der Waals surface area contributed by atoms with E-state index in [0.29, 0.717) is 24.2 Å². The van der Waals surface area contributed by atoms with Crippen LogP contribution >= 0.6 is 0 Å². The molecule has 0 aliphatic carbocycles. The second-order valence-electron chi connectivity index (χ2n) is 7.59. The van der Waals surface area contributed by atoms with Crippen LogP contribution in [0.25, 0.3) is 0 Å². The number of rotatable bonds is 8. The first-order valence-corrected chi connectivity index (χ1v) is 9.31. The van der Waals surface area contributed by atoms with Gasteiger partial charge in [0.25, 0.3) is 0 Å². The van der Waals surface area contributed by atoms with Crippen LogP contribution in [0, 0.1) is 0 Å². The van der Waals surface area contributed by atoms with Crippen molar-refractivity contribution in [1.82, 2.24) is 19.6 Å². The molecule has 0 bridgehead atoms. The van der Waals surface area contributed by atoms with E-state index in [1.165, 1.54) is 19.6 Å². The van der Waals surface area contributed by atoms with E-state index in [4.69, 9.17) is 0 Å². The van der Waals surface area contributed by atoms with Gasteiger partial charge in [-0.05, 0) is 27.7 Å². The lowest BCUT2D eigenvalue weighted by atomic mass is 10.1. The Morgan fingerprint density at radius 2 is 1.14 bits per heavy atom. The van der Waals surface area contributed by atoms with Crippen LogP contribution in [0.5, 0.6) is 0 Å². The Labute approximate surface area is 167 Å². The van der Waals surface area contributed by atoms with Crippen LogP contribution in [0.3, 0.4) is 0 Å². The number of carbonyl (C=O) groups excluding carboxylic acids is 4. The average molecular weight is 393 g/mol. The van der Waals surface area contributed by atoms with Crippen molar-refractivity contribution in [3.05, 3.63) is 24.3 Å². The fraction of sp³-hybridized carbons (Fsp3) is 0.600. The van der Waals surface area contributed by atoms with E-state index >= 15 is 0 Å². The first-order valence-electron chi connectivity index (χ1n) is 9.31. The van der Waals surface area contributed by atoms with Crippen molar-refractivity contribution in [3.63, 3.8) is 0 Å². The molecule has 0 aromatic heterocycles. The normalized spacial score (nSPS) is 16.5. The molecule has 8 nitrogen and oxygen atoms in total. The lowest BCUT2D eigenvalue weighted by Crippen LogP contribution is -2.59. The number of piperazine rings is 1. The molecule has 0 aromatic carbocycles. The summed E-state index contributed by atoms with van der Waals surface area (Å²) in [5.41, 5.74) is 0.841. The zero-order valence-electron chi connectivity index (χ0n) is 17.8. The second kappa shape index (κ2) is 9.52. The molecular weight excluding hydrogens is 360 g/mol. The molecule has 0 spiro atoms. The highest BCUT2D eigenvalue weighted by atomic mass is 16.2. The van der Waals surface area contributed by atoms with Gasteiger partial charge in [-0.25, -0.2) is 0 Å². The van der Waals surface area contributed by atoms with Gasteiger partial charge in [0.2, 0.25) is 11.8 Å². The summed E-state index contributed by atoms with van der Waals surface area (Å²) in [4.78, 5) is 55.0. The van der Waals surface area contributed by atoms with Crippen LogP contribution in [0.4, 0.5) is 0 Å². The van der Waals surface area contributed by atoms with E-state index in [1.54, 1.807) is 27.9 Å². The first-order chi connectivity index (χ1) is 12.9. The summed E-state index contributed by atoms with van der Waals surface area (Å²) >= 11 is 0. The van der Waals surface area contributed by atoms with Gasteiger partial charge in [-0.15, -0.1) is 0 Å². The monoisotopic (exact) mass is 392 g/mol. The number of likely N-dealkylation sites (N-methyl/N-ethyl adjacent to an activating group) is 2. The van der Waals surface area contributed by atoms with Crippen LogP contribution in [0.1, 0.15) is 27.7 Å². The van der Waals surface area contributed by atoms with Gasteiger partial charge in [-0.1, -0.05) is 13.2 Å². The predicted molar refractivity (Wildman–Crippen MR) is 107 cm³/mol. The molecule has 0 N–H and O–H groups in total. The summed E-state index contributed by atoms with van der Waals surface area (Å²) in [6.45, 7) is 15.5. The Kier molecular flexibility index (Phi) is 7.96. The van der Waals surface area contributed by atoms with E-state index < -0.39 is 11.8 Å². The maximum Gasteiger partial charge on any atom is 0.312 e. The predicted octanol–water partition coefficient (Wildman–Crippen LogP) is 0.503. The molecule has 2 atom stereocenters. The minimum absolute atomic E-state index is 0.191. The molecule has 1 rings (SSSR count). The Bertz CT molecular complexity index is 630. The second-order valence-corrected chi connectivity index (χ2v) is 7.59. The van der Waals surface area contributed by atoms with Crippen molar-refractivity contribution in [2.24, 2.45) is 0 Å². The molecule has 0 aromatic rings. The minimum atomic E-state index is -0.588. The van der Waals surface area contributed by atoms with Crippen molar-refractivity contribution < 1.29 is 19.2 Å². The van der Waals surface area contributed by atoms with Crippen molar-refractivity contribution in [1.29, 1.82) is 0 Å². The molecule has 1 aliphatic rings. The molecular formula is C20H32N4O4. The number of carbonyl (C=O) groups is 4. The third-order valence-electron chi connectivity index (χ3n) is 5.06. The lowest BCUT2D eigenvalue weighted by molar-refractivity contribution is -0.157. The Balaban J connectivity index is 2.70. The highest BCUT2D eigenvalue weighted by Gasteiger charge is 2.35. The van der Waals surface area contributed by atoms with Gasteiger partial charge in [0.05, 0.1) is 0 Å². The zero-order valence-corrected chi connectivity index (χ0v) is 17.8. The molecule has 0 radical (unpaired) electrons. The molecule has 8 heteroatoms. The van der Waals surface area contributed by atoms with E-state index in [2.05, 4.69) is 13.2 Å². The highest BCUT2D eigenvalue weighted by Crippen LogP contribution is 2.12. The smallest absolute Gasteiger partial charge is 0.312 e. The Hall–Kier alpha value is -2.64. The van der Waals surface area contributed by atoms with Crippen molar-refractivity contribution >= 4 is 23.6 Å². The van der Waals surface area contributed by atoms with E-state index in [9.17, 15) is 19.2 Å². The molecule has 1 heterocycles. The summed E-state index contributed by atoms with van der Waals surface area (Å²) in [6.07, 6.45) is 0. The van der Waals surface area contributed by atoms with Crippen molar-refractivity contribution in [2.45, 2.75) is 39.8 Å². The van der Waals surface area contributed by atoms with Crippen LogP contribution in [0.2, 0.25) is 0 Å². The highest BCUT2D eigenvalue weighted by molar-refractivity contribution is 6.35. The van der Waals surface area contributed by atoms with Gasteiger partial charge < -0.3 is 19.6 Å². The van der Waals surface area contributed by atoms with Crippen LogP contribution in [-0.2, 0) is 19.2 Å². The standard InChI is InChI=1S/C20H32N4O4/c1-13(2)17(25)21(7)15(5)11-23-9-10-24(20(28)19(23)27)12-16(6)22(8)18(26)14(3)4/h15-16H,1,3,9-12H2,2,4-8H3. The van der Waals surface area contributed by atoms with Gasteiger partial charge >= 0.3 is 11.8 Å². The largest absolute Gasteiger partial charge is 0.338 e. The maximum absolute atomic E-state index is 12.5. The zero-order chi connectivity index (χ0) is 21.8. The molecule has 1 aliphatic heterocycles. The number of amides is 4. The molecule has 156 valence electrons. The number of hydrogen-bond acceptors (Lipinski definition) is 4. The maximum atomic E-state index is 12.5. The molecule has 2 unspecified atom stereocenters. The third kappa shape index (κ3) is 5.43. The number of nitrogens with zero attached hydrogens (tertiary/aromatic N) is 4. The Morgan fingerprint density at radius 3 is 1.39 bits per heavy atom. The fourth-order valence-electron chi connectivity index (χ4n) is 2.95. The average Bonchev–Trinajstić information content (AvgIpc) is 2.64. The van der Waals surface area contributed by atoms with Gasteiger partial charge in [0.15, 0.2) is 0 Å². The molecule has 0 saturated carbocycles. The Morgan fingerprint density at radius 1 is 0.857 bits per heavy atom. The van der Waals surface area contributed by atoms with Gasteiger partial charge in [-0.2, -0.15) is 0 Å². The first kappa shape index (κ1) is 23.4. The van der Waals surface area contributed by atoms with Crippen molar-refractivity contribution in [2.75, 3.05) is 40.3 Å². The molecule has 1 fully saturated rings. The summed E-state index contributed by atoms with van der Waals surface area (Å²) in [7, 11) is 3.31. The summed E-state index contributed by atoms with van der Waals surface area (Å²) < 4.78 is 0. The molecule has 4 amide bonds. The fourth-order valence-corrected chi connectivity index (χ4v) is 2.95. The van der Waals surface area contributed by atoms with Crippen LogP contribution in [-0.4, -0.2) is 95.6 Å². The quantitative estimate of drug-likeness (QED) is 0.445. The minimum Gasteiger partial charge on any atom is -0.338 e. The topological polar surface area (TPSA) is 81.2 Å². The van der Waals surface area contributed by atoms with E-state index in [0.717, 1.165) is 0 Å². The molecule has 1 saturated heterocycles. The van der Waals surface area contributed by atoms with E-state index in [1.807, 2.05) is 13.8 Å². The van der Waals surface area contributed by atoms with Gasteiger partial charge in [-0.3, -0.25) is 19.2 Å². The SMILES string of the molecule is C=C(C)C(=O)N(C)C(C)CN1CCN(CC(C)N(C)C(=O)C(=C)C)C(=O)C1=O. The third-order valence-corrected chi connectivity index (χ3v) is 5.06.